The number of benzene rings is 1. The van der Waals surface area contributed by atoms with Crippen molar-refractivity contribution in [3.8, 4) is 0 Å². The Balaban J connectivity index is 2.16. The molecule has 1 aromatic rings. The SMILES string of the molecule is CCC[C@@H](CN1C(=O)c2ccccc2C1=O)OC(C)=O. The molecule has 1 atom stereocenters. The third-order valence-electron chi connectivity index (χ3n) is 3.21. The lowest BCUT2D eigenvalue weighted by Crippen LogP contribution is -2.38. The molecule has 20 heavy (non-hydrogen) atoms. The van der Waals surface area contributed by atoms with Gasteiger partial charge in [-0.15, -0.1) is 0 Å². The van der Waals surface area contributed by atoms with E-state index in [1.54, 1.807) is 24.3 Å². The van der Waals surface area contributed by atoms with E-state index in [-0.39, 0.29) is 18.4 Å². The molecule has 0 aliphatic carbocycles. The number of hydrogen-bond donors (Lipinski definition) is 0. The monoisotopic (exact) mass is 275 g/mol. The normalized spacial score (nSPS) is 15.2. The van der Waals surface area contributed by atoms with Gasteiger partial charge in [0.05, 0.1) is 17.7 Å². The van der Waals surface area contributed by atoms with Gasteiger partial charge in [0, 0.05) is 6.92 Å². The summed E-state index contributed by atoms with van der Waals surface area (Å²) >= 11 is 0. The Kier molecular flexibility index (Phi) is 4.17. The molecular weight excluding hydrogens is 258 g/mol. The van der Waals surface area contributed by atoms with Crippen molar-refractivity contribution in [2.45, 2.75) is 32.8 Å². The first-order valence-corrected chi connectivity index (χ1v) is 6.67. The molecule has 1 aliphatic heterocycles. The molecule has 0 saturated carbocycles. The van der Waals surface area contributed by atoms with Crippen molar-refractivity contribution in [3.63, 3.8) is 0 Å². The maximum Gasteiger partial charge on any atom is 0.302 e. The highest BCUT2D eigenvalue weighted by molar-refractivity contribution is 6.21. The molecule has 0 saturated heterocycles. The van der Waals surface area contributed by atoms with Crippen LogP contribution in [0, 0.1) is 0 Å². The van der Waals surface area contributed by atoms with Gasteiger partial charge in [-0.05, 0) is 18.6 Å². The summed E-state index contributed by atoms with van der Waals surface area (Å²) < 4.78 is 5.16. The number of ether oxygens (including phenoxy) is 1. The average Bonchev–Trinajstić information content (AvgIpc) is 2.64. The quantitative estimate of drug-likeness (QED) is 0.609. The van der Waals surface area contributed by atoms with Gasteiger partial charge in [0.1, 0.15) is 6.10 Å². The number of fused-ring (bicyclic) bond motifs is 1. The van der Waals surface area contributed by atoms with E-state index >= 15 is 0 Å². The second-order valence-electron chi connectivity index (χ2n) is 4.79. The Morgan fingerprint density at radius 3 is 2.20 bits per heavy atom. The number of carbonyl (C=O) groups is 3. The van der Waals surface area contributed by atoms with E-state index in [4.69, 9.17) is 4.74 Å². The zero-order chi connectivity index (χ0) is 14.7. The number of nitrogens with zero attached hydrogens (tertiary/aromatic N) is 1. The number of imide groups is 1. The first kappa shape index (κ1) is 14.2. The second-order valence-corrected chi connectivity index (χ2v) is 4.79. The highest BCUT2D eigenvalue weighted by Gasteiger charge is 2.36. The summed E-state index contributed by atoms with van der Waals surface area (Å²) in [5, 5.41) is 0. The van der Waals surface area contributed by atoms with Crippen LogP contribution in [0.15, 0.2) is 24.3 Å². The molecule has 106 valence electrons. The molecule has 0 bridgehead atoms. The minimum atomic E-state index is -0.445. The Hall–Kier alpha value is -2.17. The number of hydrogen-bond acceptors (Lipinski definition) is 4. The predicted molar refractivity (Wildman–Crippen MR) is 72.3 cm³/mol. The van der Waals surface area contributed by atoms with E-state index in [9.17, 15) is 14.4 Å². The Bertz CT molecular complexity index is 518. The molecule has 0 N–H and O–H groups in total. The third-order valence-corrected chi connectivity index (χ3v) is 3.21. The summed E-state index contributed by atoms with van der Waals surface area (Å²) in [5.41, 5.74) is 0.825. The second kappa shape index (κ2) is 5.86. The zero-order valence-electron chi connectivity index (χ0n) is 11.6. The van der Waals surface area contributed by atoms with Gasteiger partial charge in [0.15, 0.2) is 0 Å². The number of amides is 2. The van der Waals surface area contributed by atoms with Crippen LogP contribution in [0.25, 0.3) is 0 Å². The lowest BCUT2D eigenvalue weighted by Gasteiger charge is -2.21. The molecule has 1 aromatic carbocycles. The van der Waals surface area contributed by atoms with Crippen LogP contribution >= 0.6 is 0 Å². The summed E-state index contributed by atoms with van der Waals surface area (Å²) in [6.07, 6.45) is 0.980. The number of esters is 1. The summed E-state index contributed by atoms with van der Waals surface area (Å²) in [6.45, 7) is 3.39. The number of rotatable bonds is 5. The Morgan fingerprint density at radius 1 is 1.20 bits per heavy atom. The zero-order valence-corrected chi connectivity index (χ0v) is 11.6. The van der Waals surface area contributed by atoms with Crippen molar-refractivity contribution in [1.82, 2.24) is 4.90 Å². The topological polar surface area (TPSA) is 63.7 Å². The molecule has 2 rings (SSSR count). The van der Waals surface area contributed by atoms with E-state index in [2.05, 4.69) is 0 Å². The van der Waals surface area contributed by atoms with Crippen LogP contribution in [-0.4, -0.2) is 35.3 Å². The first-order chi connectivity index (χ1) is 9.54. The van der Waals surface area contributed by atoms with Gasteiger partial charge in [-0.3, -0.25) is 19.3 Å². The van der Waals surface area contributed by atoms with Crippen LogP contribution in [0.2, 0.25) is 0 Å². The molecule has 5 heteroatoms. The standard InChI is InChI=1S/C15H17NO4/c1-3-6-11(20-10(2)17)9-16-14(18)12-7-4-5-8-13(12)15(16)19/h4-5,7-8,11H,3,6,9H2,1-2H3/t11-/m0/s1. The van der Waals surface area contributed by atoms with Crippen molar-refractivity contribution in [3.05, 3.63) is 35.4 Å². The van der Waals surface area contributed by atoms with Crippen LogP contribution in [0.3, 0.4) is 0 Å². The molecule has 0 unspecified atom stereocenters. The first-order valence-electron chi connectivity index (χ1n) is 6.67. The van der Waals surface area contributed by atoms with E-state index in [1.165, 1.54) is 6.92 Å². The Labute approximate surface area is 117 Å². The fourth-order valence-corrected chi connectivity index (χ4v) is 2.35. The molecule has 0 aromatic heterocycles. The van der Waals surface area contributed by atoms with Gasteiger partial charge < -0.3 is 4.74 Å². The van der Waals surface area contributed by atoms with Crippen LogP contribution in [0.5, 0.6) is 0 Å². The van der Waals surface area contributed by atoms with Crippen molar-refractivity contribution >= 4 is 17.8 Å². The predicted octanol–water partition coefficient (Wildman–Crippen LogP) is 2.01. The molecular formula is C15H17NO4. The van der Waals surface area contributed by atoms with E-state index in [0.29, 0.717) is 17.5 Å². The third kappa shape index (κ3) is 2.71. The minimum absolute atomic E-state index is 0.111. The molecule has 5 nitrogen and oxygen atoms in total. The van der Waals surface area contributed by atoms with Crippen molar-refractivity contribution in [2.75, 3.05) is 6.54 Å². The van der Waals surface area contributed by atoms with Crippen LogP contribution < -0.4 is 0 Å². The van der Waals surface area contributed by atoms with Gasteiger partial charge in [-0.25, -0.2) is 0 Å². The van der Waals surface area contributed by atoms with Crippen molar-refractivity contribution in [1.29, 1.82) is 0 Å². The smallest absolute Gasteiger partial charge is 0.302 e. The lowest BCUT2D eigenvalue weighted by molar-refractivity contribution is -0.147. The summed E-state index contributed by atoms with van der Waals surface area (Å²) in [4.78, 5) is 36.6. The van der Waals surface area contributed by atoms with E-state index in [0.717, 1.165) is 11.3 Å². The minimum Gasteiger partial charge on any atom is -0.461 e. The molecule has 1 aliphatic rings. The maximum absolute atomic E-state index is 12.2. The fourth-order valence-electron chi connectivity index (χ4n) is 2.35. The van der Waals surface area contributed by atoms with Gasteiger partial charge in [-0.2, -0.15) is 0 Å². The largest absolute Gasteiger partial charge is 0.461 e. The lowest BCUT2D eigenvalue weighted by atomic mass is 10.1. The van der Waals surface area contributed by atoms with Gasteiger partial charge >= 0.3 is 5.97 Å². The molecule has 0 spiro atoms. The number of carbonyl (C=O) groups excluding carboxylic acids is 3. The highest BCUT2D eigenvalue weighted by atomic mass is 16.5. The van der Waals surface area contributed by atoms with E-state index < -0.39 is 12.1 Å². The molecule has 0 fully saturated rings. The van der Waals surface area contributed by atoms with Crippen molar-refractivity contribution in [2.24, 2.45) is 0 Å². The highest BCUT2D eigenvalue weighted by Crippen LogP contribution is 2.23. The molecule has 2 amide bonds. The van der Waals surface area contributed by atoms with Crippen LogP contribution in [-0.2, 0) is 9.53 Å². The molecule has 1 heterocycles. The van der Waals surface area contributed by atoms with Crippen molar-refractivity contribution < 1.29 is 19.1 Å². The maximum atomic E-state index is 12.2. The van der Waals surface area contributed by atoms with Crippen LogP contribution in [0.4, 0.5) is 0 Å². The summed E-state index contributed by atoms with van der Waals surface area (Å²) in [6, 6.07) is 6.72. The molecule has 0 radical (unpaired) electrons. The van der Waals surface area contributed by atoms with Crippen LogP contribution in [0.1, 0.15) is 47.4 Å². The Morgan fingerprint density at radius 2 is 1.75 bits per heavy atom. The van der Waals surface area contributed by atoms with Gasteiger partial charge in [0.25, 0.3) is 11.8 Å². The summed E-state index contributed by atoms with van der Waals surface area (Å²) in [5.74, 6) is -1.04. The van der Waals surface area contributed by atoms with Gasteiger partial charge in [-0.1, -0.05) is 25.5 Å². The summed E-state index contributed by atoms with van der Waals surface area (Å²) in [7, 11) is 0. The fraction of sp³-hybridized carbons (Fsp3) is 0.400. The van der Waals surface area contributed by atoms with E-state index in [1.807, 2.05) is 6.92 Å². The van der Waals surface area contributed by atoms with Gasteiger partial charge in [0.2, 0.25) is 0 Å². The average molecular weight is 275 g/mol.